The number of furan rings is 1. The number of rotatable bonds is 4. The Morgan fingerprint density at radius 1 is 1.11 bits per heavy atom. The van der Waals surface area contributed by atoms with Crippen molar-refractivity contribution in [3.8, 4) is 0 Å². The summed E-state index contributed by atoms with van der Waals surface area (Å²) in [6, 6.07) is 7.49. The Labute approximate surface area is 159 Å². The van der Waals surface area contributed by atoms with Gasteiger partial charge in [0.05, 0.1) is 11.8 Å². The highest BCUT2D eigenvalue weighted by Crippen LogP contribution is 2.31. The summed E-state index contributed by atoms with van der Waals surface area (Å²) in [6.07, 6.45) is -3.02. The minimum Gasteiger partial charge on any atom is -0.459 e. The van der Waals surface area contributed by atoms with Gasteiger partial charge in [-0.2, -0.15) is 13.2 Å². The van der Waals surface area contributed by atoms with Crippen LogP contribution in [0, 0.1) is 0 Å². The fraction of sp³-hybridized carbons (Fsp3) is 0.368. The molecule has 0 radical (unpaired) electrons. The fourth-order valence-electron chi connectivity index (χ4n) is 3.08. The van der Waals surface area contributed by atoms with Gasteiger partial charge in [-0.1, -0.05) is 6.07 Å². The Balaban J connectivity index is 1.56. The molecule has 1 aromatic heterocycles. The molecule has 0 bridgehead atoms. The Bertz CT molecular complexity index is 828. The summed E-state index contributed by atoms with van der Waals surface area (Å²) in [7, 11) is 0. The highest BCUT2D eigenvalue weighted by atomic mass is 19.4. The molecule has 1 aromatic carbocycles. The van der Waals surface area contributed by atoms with Crippen LogP contribution in [0.1, 0.15) is 23.0 Å². The topological polar surface area (TPSA) is 65.8 Å². The monoisotopic (exact) mass is 395 g/mol. The van der Waals surface area contributed by atoms with Gasteiger partial charge in [-0.15, -0.1) is 0 Å². The molecule has 2 aromatic rings. The van der Waals surface area contributed by atoms with Gasteiger partial charge in [0.2, 0.25) is 5.91 Å². The van der Waals surface area contributed by atoms with Crippen molar-refractivity contribution in [2.75, 3.05) is 31.1 Å². The van der Waals surface area contributed by atoms with E-state index in [4.69, 9.17) is 4.42 Å². The SMILES string of the molecule is C[C@@H](NC(=O)c1ccco1)C(=O)N1CCN(c2cccc(C(F)(F)F)c2)CC1. The molecule has 3 rings (SSSR count). The number of nitrogens with one attached hydrogen (secondary N) is 1. The number of hydrogen-bond donors (Lipinski definition) is 1. The first kappa shape index (κ1) is 19.8. The van der Waals surface area contributed by atoms with E-state index in [0.717, 1.165) is 12.1 Å². The van der Waals surface area contributed by atoms with Crippen LogP contribution in [0.15, 0.2) is 47.1 Å². The number of piperazine rings is 1. The molecule has 2 heterocycles. The molecule has 2 amide bonds. The summed E-state index contributed by atoms with van der Waals surface area (Å²) in [6.45, 7) is 3.12. The Hall–Kier alpha value is -2.97. The molecule has 1 aliphatic rings. The van der Waals surface area contributed by atoms with Gasteiger partial charge in [-0.3, -0.25) is 9.59 Å². The van der Waals surface area contributed by atoms with Crippen molar-refractivity contribution in [1.29, 1.82) is 0 Å². The Morgan fingerprint density at radius 2 is 1.82 bits per heavy atom. The van der Waals surface area contributed by atoms with Crippen molar-refractivity contribution >= 4 is 17.5 Å². The molecule has 1 atom stereocenters. The van der Waals surface area contributed by atoms with E-state index in [1.807, 2.05) is 4.90 Å². The van der Waals surface area contributed by atoms with Crippen LogP contribution in [0.25, 0.3) is 0 Å². The number of alkyl halides is 3. The smallest absolute Gasteiger partial charge is 0.416 e. The van der Waals surface area contributed by atoms with Gasteiger partial charge in [0.1, 0.15) is 6.04 Å². The highest BCUT2D eigenvalue weighted by Gasteiger charge is 2.31. The molecule has 6 nitrogen and oxygen atoms in total. The van der Waals surface area contributed by atoms with E-state index in [2.05, 4.69) is 5.32 Å². The van der Waals surface area contributed by atoms with Gasteiger partial charge in [0, 0.05) is 31.9 Å². The average molecular weight is 395 g/mol. The zero-order valence-corrected chi connectivity index (χ0v) is 15.2. The third-order valence-electron chi connectivity index (χ3n) is 4.59. The van der Waals surface area contributed by atoms with Crippen LogP contribution in [-0.4, -0.2) is 48.9 Å². The number of anilines is 1. The molecule has 0 saturated carbocycles. The number of halogens is 3. The van der Waals surface area contributed by atoms with E-state index in [1.54, 1.807) is 24.0 Å². The molecule has 1 saturated heterocycles. The van der Waals surface area contributed by atoms with Crippen LogP contribution in [0.4, 0.5) is 18.9 Å². The van der Waals surface area contributed by atoms with Crippen molar-refractivity contribution in [2.24, 2.45) is 0 Å². The predicted molar refractivity (Wildman–Crippen MR) is 95.9 cm³/mol. The van der Waals surface area contributed by atoms with Crippen molar-refractivity contribution in [2.45, 2.75) is 19.1 Å². The molecule has 0 unspecified atom stereocenters. The van der Waals surface area contributed by atoms with Gasteiger partial charge in [-0.05, 0) is 37.3 Å². The maximum Gasteiger partial charge on any atom is 0.416 e. The number of amides is 2. The van der Waals surface area contributed by atoms with E-state index in [9.17, 15) is 22.8 Å². The van der Waals surface area contributed by atoms with Gasteiger partial charge in [0.25, 0.3) is 5.91 Å². The molecular formula is C19H20F3N3O3. The highest BCUT2D eigenvalue weighted by molar-refractivity contribution is 5.95. The number of benzene rings is 1. The first-order chi connectivity index (χ1) is 13.3. The number of hydrogen-bond acceptors (Lipinski definition) is 4. The lowest BCUT2D eigenvalue weighted by Crippen LogP contribution is -2.54. The lowest BCUT2D eigenvalue weighted by Gasteiger charge is -2.37. The quantitative estimate of drug-likeness (QED) is 0.865. The summed E-state index contributed by atoms with van der Waals surface area (Å²) in [5, 5.41) is 2.58. The lowest BCUT2D eigenvalue weighted by molar-refractivity contribution is -0.137. The van der Waals surface area contributed by atoms with Crippen molar-refractivity contribution in [1.82, 2.24) is 10.2 Å². The molecule has 150 valence electrons. The third-order valence-corrected chi connectivity index (χ3v) is 4.59. The second kappa shape index (κ2) is 7.95. The molecule has 0 spiro atoms. The van der Waals surface area contributed by atoms with Crippen LogP contribution in [0.3, 0.4) is 0 Å². The number of carbonyl (C=O) groups excluding carboxylic acids is 2. The maximum atomic E-state index is 12.9. The molecule has 28 heavy (non-hydrogen) atoms. The Morgan fingerprint density at radius 3 is 2.43 bits per heavy atom. The van der Waals surface area contributed by atoms with Crippen molar-refractivity contribution in [3.05, 3.63) is 54.0 Å². The summed E-state index contributed by atoms with van der Waals surface area (Å²) in [5.41, 5.74) is -0.223. The van der Waals surface area contributed by atoms with Gasteiger partial charge in [0.15, 0.2) is 5.76 Å². The molecule has 1 N–H and O–H groups in total. The molecule has 1 aliphatic heterocycles. The second-order valence-corrected chi connectivity index (χ2v) is 6.53. The maximum absolute atomic E-state index is 12.9. The van der Waals surface area contributed by atoms with E-state index in [1.165, 1.54) is 18.4 Å². The van der Waals surface area contributed by atoms with Crippen molar-refractivity contribution in [3.63, 3.8) is 0 Å². The van der Waals surface area contributed by atoms with E-state index in [-0.39, 0.29) is 11.7 Å². The zero-order valence-electron chi connectivity index (χ0n) is 15.2. The minimum absolute atomic E-state index is 0.119. The van der Waals surface area contributed by atoms with Crippen LogP contribution < -0.4 is 10.2 Å². The van der Waals surface area contributed by atoms with E-state index >= 15 is 0 Å². The first-order valence-corrected chi connectivity index (χ1v) is 8.81. The van der Waals surface area contributed by atoms with Gasteiger partial charge >= 0.3 is 6.18 Å². The summed E-state index contributed by atoms with van der Waals surface area (Å²) >= 11 is 0. The van der Waals surface area contributed by atoms with Gasteiger partial charge < -0.3 is 19.5 Å². The molecule has 1 fully saturated rings. The molecular weight excluding hydrogens is 375 g/mol. The average Bonchev–Trinajstić information content (AvgIpc) is 3.22. The summed E-state index contributed by atoms with van der Waals surface area (Å²) in [5.74, 6) is -0.605. The lowest BCUT2D eigenvalue weighted by atomic mass is 10.1. The normalized spacial score (nSPS) is 16.0. The largest absolute Gasteiger partial charge is 0.459 e. The molecule has 0 aliphatic carbocycles. The summed E-state index contributed by atoms with van der Waals surface area (Å²) < 4.78 is 43.7. The first-order valence-electron chi connectivity index (χ1n) is 8.81. The van der Waals surface area contributed by atoms with Crippen LogP contribution in [0.5, 0.6) is 0 Å². The van der Waals surface area contributed by atoms with E-state index in [0.29, 0.717) is 31.9 Å². The number of carbonyl (C=O) groups is 2. The fourth-order valence-corrected chi connectivity index (χ4v) is 3.08. The Kier molecular flexibility index (Phi) is 5.62. The van der Waals surface area contributed by atoms with Crippen LogP contribution >= 0.6 is 0 Å². The second-order valence-electron chi connectivity index (χ2n) is 6.53. The van der Waals surface area contributed by atoms with Crippen LogP contribution in [-0.2, 0) is 11.0 Å². The third kappa shape index (κ3) is 4.47. The van der Waals surface area contributed by atoms with E-state index < -0.39 is 23.7 Å². The van der Waals surface area contributed by atoms with Gasteiger partial charge in [-0.25, -0.2) is 0 Å². The predicted octanol–water partition coefficient (Wildman–Crippen LogP) is 2.77. The van der Waals surface area contributed by atoms with Crippen molar-refractivity contribution < 1.29 is 27.2 Å². The van der Waals surface area contributed by atoms with Crippen LogP contribution in [0.2, 0.25) is 0 Å². The summed E-state index contributed by atoms with van der Waals surface area (Å²) in [4.78, 5) is 27.9. The zero-order chi connectivity index (χ0) is 20.3. The molecule has 9 heteroatoms. The number of nitrogens with zero attached hydrogens (tertiary/aromatic N) is 2. The minimum atomic E-state index is -4.39. The standard InChI is InChI=1S/C19H20F3N3O3/c1-13(23-17(26)16-6-3-11-28-16)18(27)25-9-7-24(8-10-25)15-5-2-4-14(12-15)19(20,21)22/h2-6,11-13H,7-10H2,1H3,(H,23,26)/t13-/m1/s1.